The zero-order valence-electron chi connectivity index (χ0n) is 10.8. The van der Waals surface area contributed by atoms with E-state index in [4.69, 9.17) is 9.47 Å². The van der Waals surface area contributed by atoms with Crippen LogP contribution in [-0.4, -0.2) is 25.8 Å². The molecule has 0 bridgehead atoms. The lowest BCUT2D eigenvalue weighted by Crippen LogP contribution is -2.24. The molecule has 1 amide bonds. The van der Waals surface area contributed by atoms with Crippen LogP contribution in [0.25, 0.3) is 0 Å². The van der Waals surface area contributed by atoms with Crippen molar-refractivity contribution in [2.45, 2.75) is 13.8 Å². The van der Waals surface area contributed by atoms with Crippen molar-refractivity contribution in [1.82, 2.24) is 5.43 Å². The first-order valence-corrected chi connectivity index (χ1v) is 5.70. The number of carbonyl (C=O) groups is 1. The monoisotopic (exact) mass is 250 g/mol. The summed E-state index contributed by atoms with van der Waals surface area (Å²) in [5, 5.41) is 3.79. The van der Waals surface area contributed by atoms with Crippen LogP contribution < -0.4 is 14.9 Å². The maximum absolute atomic E-state index is 11.3. The van der Waals surface area contributed by atoms with Crippen molar-refractivity contribution in [3.8, 4) is 11.5 Å². The van der Waals surface area contributed by atoms with Crippen molar-refractivity contribution in [2.75, 3.05) is 13.7 Å². The third-order valence-electron chi connectivity index (χ3n) is 1.99. The van der Waals surface area contributed by atoms with Crippen molar-refractivity contribution in [3.63, 3.8) is 0 Å². The van der Waals surface area contributed by atoms with Crippen LogP contribution in [0.5, 0.6) is 11.5 Å². The smallest absolute Gasteiger partial charge is 0.277 e. The summed E-state index contributed by atoms with van der Waals surface area (Å²) in [6, 6.07) is 7.02. The average molecular weight is 250 g/mol. The van der Waals surface area contributed by atoms with E-state index in [0.29, 0.717) is 11.7 Å². The SMILES string of the molecule is COc1ccc(OCC(=O)N/N=C/C(C)C)cc1. The third-order valence-corrected chi connectivity index (χ3v) is 1.99. The topological polar surface area (TPSA) is 59.9 Å². The van der Waals surface area contributed by atoms with Crippen LogP contribution in [0.15, 0.2) is 29.4 Å². The maximum Gasteiger partial charge on any atom is 0.277 e. The second-order valence-electron chi connectivity index (χ2n) is 4.02. The lowest BCUT2D eigenvalue weighted by molar-refractivity contribution is -0.123. The number of nitrogens with zero attached hydrogens (tertiary/aromatic N) is 1. The van der Waals surface area contributed by atoms with E-state index in [2.05, 4.69) is 10.5 Å². The molecule has 5 nitrogen and oxygen atoms in total. The average Bonchev–Trinajstić information content (AvgIpc) is 2.36. The molecular formula is C13H18N2O3. The molecule has 0 spiro atoms. The van der Waals surface area contributed by atoms with Crippen LogP contribution in [0, 0.1) is 5.92 Å². The minimum absolute atomic E-state index is 0.0677. The molecule has 98 valence electrons. The molecule has 0 aliphatic carbocycles. The molecule has 18 heavy (non-hydrogen) atoms. The van der Waals surface area contributed by atoms with Crippen molar-refractivity contribution in [2.24, 2.45) is 11.0 Å². The number of rotatable bonds is 6. The van der Waals surface area contributed by atoms with Gasteiger partial charge in [-0.15, -0.1) is 0 Å². The number of carbonyl (C=O) groups excluding carboxylic acids is 1. The quantitative estimate of drug-likeness (QED) is 0.619. The Bertz CT molecular complexity index is 399. The lowest BCUT2D eigenvalue weighted by atomic mass is 10.3. The van der Waals surface area contributed by atoms with Crippen LogP contribution in [0.3, 0.4) is 0 Å². The molecule has 0 fully saturated rings. The molecule has 0 saturated carbocycles. The van der Waals surface area contributed by atoms with Gasteiger partial charge in [-0.3, -0.25) is 4.79 Å². The van der Waals surface area contributed by atoms with Crippen molar-refractivity contribution >= 4 is 12.1 Å². The highest BCUT2D eigenvalue weighted by molar-refractivity contribution is 5.78. The number of amides is 1. The summed E-state index contributed by atoms with van der Waals surface area (Å²) in [6.45, 7) is 3.88. The minimum atomic E-state index is -0.289. The summed E-state index contributed by atoms with van der Waals surface area (Å²) < 4.78 is 10.3. The Labute approximate surface area is 107 Å². The maximum atomic E-state index is 11.3. The molecule has 0 aliphatic heterocycles. The van der Waals surface area contributed by atoms with Gasteiger partial charge < -0.3 is 9.47 Å². The zero-order chi connectivity index (χ0) is 13.4. The van der Waals surface area contributed by atoms with E-state index >= 15 is 0 Å². The highest BCUT2D eigenvalue weighted by atomic mass is 16.5. The zero-order valence-corrected chi connectivity index (χ0v) is 10.8. The number of methoxy groups -OCH3 is 1. The Morgan fingerprint density at radius 1 is 1.33 bits per heavy atom. The lowest BCUT2D eigenvalue weighted by Gasteiger charge is -2.06. The largest absolute Gasteiger partial charge is 0.497 e. The Morgan fingerprint density at radius 3 is 2.50 bits per heavy atom. The number of benzene rings is 1. The molecule has 5 heteroatoms. The Kier molecular flexibility index (Phi) is 5.70. The van der Waals surface area contributed by atoms with E-state index in [0.717, 1.165) is 5.75 Å². The van der Waals surface area contributed by atoms with E-state index in [-0.39, 0.29) is 12.5 Å². The van der Waals surface area contributed by atoms with Gasteiger partial charge in [0.2, 0.25) is 0 Å². The van der Waals surface area contributed by atoms with Crippen molar-refractivity contribution in [3.05, 3.63) is 24.3 Å². The molecule has 1 aromatic carbocycles. The normalized spacial score (nSPS) is 10.7. The first kappa shape index (κ1) is 14.0. The van der Waals surface area contributed by atoms with Crippen molar-refractivity contribution in [1.29, 1.82) is 0 Å². The number of ether oxygens (including phenoxy) is 2. The summed E-state index contributed by atoms with van der Waals surface area (Å²) in [4.78, 5) is 11.3. The van der Waals surface area contributed by atoms with Gasteiger partial charge in [0.15, 0.2) is 6.61 Å². The molecule has 0 saturated heterocycles. The summed E-state index contributed by atoms with van der Waals surface area (Å²) in [5.74, 6) is 1.36. The standard InChI is InChI=1S/C13H18N2O3/c1-10(2)8-14-15-13(16)9-18-12-6-4-11(17-3)5-7-12/h4-8,10H,9H2,1-3H3,(H,15,16)/b14-8+. The Morgan fingerprint density at radius 2 is 1.94 bits per heavy atom. The van der Waals surface area contributed by atoms with Gasteiger partial charge in [-0.05, 0) is 30.2 Å². The highest BCUT2D eigenvalue weighted by Crippen LogP contribution is 2.16. The molecule has 0 aromatic heterocycles. The van der Waals surface area contributed by atoms with Gasteiger partial charge in [-0.1, -0.05) is 13.8 Å². The fourth-order valence-corrected chi connectivity index (χ4v) is 1.11. The summed E-state index contributed by atoms with van der Waals surface area (Å²) >= 11 is 0. The first-order chi connectivity index (χ1) is 8.61. The highest BCUT2D eigenvalue weighted by Gasteiger charge is 2.01. The second-order valence-corrected chi connectivity index (χ2v) is 4.02. The second kappa shape index (κ2) is 7.32. The fourth-order valence-electron chi connectivity index (χ4n) is 1.11. The van der Waals surface area contributed by atoms with Gasteiger partial charge in [0.05, 0.1) is 7.11 Å². The Hall–Kier alpha value is -2.04. The molecule has 0 heterocycles. The molecule has 1 rings (SSSR count). The van der Waals surface area contributed by atoms with E-state index in [1.165, 1.54) is 0 Å². The summed E-state index contributed by atoms with van der Waals surface area (Å²) in [5.41, 5.74) is 2.39. The minimum Gasteiger partial charge on any atom is -0.497 e. The molecule has 0 radical (unpaired) electrons. The van der Waals surface area contributed by atoms with Gasteiger partial charge >= 0.3 is 0 Å². The third kappa shape index (κ3) is 5.34. The van der Waals surface area contributed by atoms with Crippen LogP contribution in [0.2, 0.25) is 0 Å². The van der Waals surface area contributed by atoms with E-state index in [1.807, 2.05) is 13.8 Å². The van der Waals surface area contributed by atoms with Gasteiger partial charge in [-0.2, -0.15) is 5.10 Å². The molecular weight excluding hydrogens is 232 g/mol. The molecule has 0 aliphatic rings. The van der Waals surface area contributed by atoms with Crippen LogP contribution in [0.1, 0.15) is 13.8 Å². The van der Waals surface area contributed by atoms with Crippen LogP contribution >= 0.6 is 0 Å². The molecule has 1 N–H and O–H groups in total. The molecule has 0 atom stereocenters. The van der Waals surface area contributed by atoms with Gasteiger partial charge in [0.25, 0.3) is 5.91 Å². The van der Waals surface area contributed by atoms with Crippen LogP contribution in [0.4, 0.5) is 0 Å². The predicted molar refractivity (Wildman–Crippen MR) is 70.0 cm³/mol. The van der Waals surface area contributed by atoms with Gasteiger partial charge in [0, 0.05) is 6.21 Å². The first-order valence-electron chi connectivity index (χ1n) is 5.70. The van der Waals surface area contributed by atoms with Gasteiger partial charge in [0.1, 0.15) is 11.5 Å². The van der Waals surface area contributed by atoms with Crippen LogP contribution in [-0.2, 0) is 4.79 Å². The fraction of sp³-hybridized carbons (Fsp3) is 0.385. The van der Waals surface area contributed by atoms with E-state index in [9.17, 15) is 4.79 Å². The number of nitrogens with one attached hydrogen (secondary N) is 1. The summed E-state index contributed by atoms with van der Waals surface area (Å²) in [7, 11) is 1.59. The number of hydrogen-bond acceptors (Lipinski definition) is 4. The van der Waals surface area contributed by atoms with Crippen molar-refractivity contribution < 1.29 is 14.3 Å². The summed E-state index contributed by atoms with van der Waals surface area (Å²) in [6.07, 6.45) is 1.66. The number of hydrazone groups is 1. The molecule has 1 aromatic rings. The van der Waals surface area contributed by atoms with Gasteiger partial charge in [-0.25, -0.2) is 5.43 Å². The molecule has 0 unspecified atom stereocenters. The Balaban J connectivity index is 2.33. The van der Waals surface area contributed by atoms with E-state index < -0.39 is 0 Å². The predicted octanol–water partition coefficient (Wildman–Crippen LogP) is 1.83. The number of hydrogen-bond donors (Lipinski definition) is 1. The van der Waals surface area contributed by atoms with E-state index in [1.54, 1.807) is 37.6 Å².